The number of phenols is 1. The summed E-state index contributed by atoms with van der Waals surface area (Å²) in [6, 6.07) is 15.0. The summed E-state index contributed by atoms with van der Waals surface area (Å²) in [5.41, 5.74) is 10.7. The van der Waals surface area contributed by atoms with Crippen LogP contribution in [0, 0.1) is 12.1 Å². The van der Waals surface area contributed by atoms with Crippen LogP contribution in [0.4, 0.5) is 11.5 Å². The van der Waals surface area contributed by atoms with Crippen LogP contribution in [0.3, 0.4) is 0 Å². The summed E-state index contributed by atoms with van der Waals surface area (Å²) in [5, 5.41) is 24.1. The highest BCUT2D eigenvalue weighted by Crippen LogP contribution is 2.41. The van der Waals surface area contributed by atoms with Crippen molar-refractivity contribution in [3.05, 3.63) is 76.0 Å². The third-order valence-electron chi connectivity index (χ3n) is 5.40. The van der Waals surface area contributed by atoms with Crippen LogP contribution in [0.5, 0.6) is 5.75 Å². The third-order valence-corrected chi connectivity index (χ3v) is 5.40. The molecule has 3 aromatic rings. The molecule has 0 fully saturated rings. The summed E-state index contributed by atoms with van der Waals surface area (Å²) in [7, 11) is 0. The van der Waals surface area contributed by atoms with Gasteiger partial charge in [-0.05, 0) is 47.6 Å². The van der Waals surface area contributed by atoms with Gasteiger partial charge in [-0.1, -0.05) is 53.7 Å². The van der Waals surface area contributed by atoms with Gasteiger partial charge in [-0.15, -0.1) is 0 Å². The number of aromatic hydroxyl groups is 1. The first-order valence-electron chi connectivity index (χ1n) is 10.8. The lowest BCUT2D eigenvalue weighted by Crippen LogP contribution is -2.18. The fourth-order valence-electron chi connectivity index (χ4n) is 3.72. The molecule has 0 unspecified atom stereocenters. The van der Waals surface area contributed by atoms with Crippen LogP contribution < -0.4 is 5.73 Å². The average molecular weight is 432 g/mol. The quantitative estimate of drug-likeness (QED) is 0.224. The van der Waals surface area contributed by atoms with E-state index in [0.717, 1.165) is 38.3 Å². The van der Waals surface area contributed by atoms with Gasteiger partial charge in [-0.2, -0.15) is 4.74 Å². The zero-order valence-corrected chi connectivity index (χ0v) is 20.0. The van der Waals surface area contributed by atoms with E-state index in [2.05, 4.69) is 4.98 Å². The van der Waals surface area contributed by atoms with Crippen molar-refractivity contribution in [1.82, 2.24) is 4.98 Å². The molecule has 168 valence electrons. The largest absolute Gasteiger partial charge is 0.618 e. The van der Waals surface area contributed by atoms with Crippen LogP contribution >= 0.6 is 0 Å². The van der Waals surface area contributed by atoms with Crippen molar-refractivity contribution >= 4 is 17.7 Å². The molecule has 1 heterocycles. The molecule has 0 saturated carbocycles. The van der Waals surface area contributed by atoms with Crippen molar-refractivity contribution in [2.75, 3.05) is 5.73 Å². The molecule has 0 atom stereocenters. The second-order valence-corrected chi connectivity index (χ2v) is 10.4. The first-order valence-corrected chi connectivity index (χ1v) is 10.8. The second kappa shape index (κ2) is 8.30. The summed E-state index contributed by atoms with van der Waals surface area (Å²) in [4.78, 5) is 4.41. The predicted octanol–water partition coefficient (Wildman–Crippen LogP) is 6.20. The number of pyridine rings is 1. The maximum atomic E-state index is 13.2. The van der Waals surface area contributed by atoms with Crippen molar-refractivity contribution in [2.24, 2.45) is 0 Å². The van der Waals surface area contributed by atoms with Crippen LogP contribution in [0.1, 0.15) is 63.8 Å². The molecule has 1 aromatic heterocycles. The fourth-order valence-corrected chi connectivity index (χ4v) is 3.72. The number of hydrogen-bond donors (Lipinski definition) is 2. The summed E-state index contributed by atoms with van der Waals surface area (Å²) < 4.78 is 0.862. The van der Waals surface area contributed by atoms with Crippen molar-refractivity contribution in [1.29, 1.82) is 0 Å². The van der Waals surface area contributed by atoms with E-state index in [1.54, 1.807) is 18.3 Å². The van der Waals surface area contributed by atoms with E-state index in [9.17, 15) is 10.3 Å². The normalized spacial score (nSPS) is 12.8. The molecule has 3 rings (SSSR count). The molecule has 32 heavy (non-hydrogen) atoms. The molecule has 2 aromatic carbocycles. The molecule has 3 N–H and O–H groups in total. The lowest BCUT2D eigenvalue weighted by molar-refractivity contribution is -0.354. The average Bonchev–Trinajstić information content (AvgIpc) is 2.65. The Kier molecular flexibility index (Phi) is 6.05. The maximum Gasteiger partial charge on any atom is 0.217 e. The maximum absolute atomic E-state index is 13.2. The number of aromatic nitrogens is 1. The Hall–Kier alpha value is -3.34. The third kappa shape index (κ3) is 5.10. The number of nitrogens with zero attached hydrogens (tertiary/aromatic N) is 2. The number of aryl methyl sites for hydroxylation is 1. The Morgan fingerprint density at radius 2 is 1.53 bits per heavy atom. The number of benzene rings is 2. The Morgan fingerprint density at radius 1 is 0.938 bits per heavy atom. The Morgan fingerprint density at radius 3 is 2.06 bits per heavy atom. The molecule has 0 bridgehead atoms. The molecule has 5 nitrogen and oxygen atoms in total. The first kappa shape index (κ1) is 23.3. The zero-order chi connectivity index (χ0) is 23.8. The Labute approximate surface area is 190 Å². The van der Waals surface area contributed by atoms with Crippen LogP contribution in [-0.2, 0) is 10.8 Å². The van der Waals surface area contributed by atoms with E-state index in [0.29, 0.717) is 11.5 Å². The molecule has 5 heteroatoms. The molecule has 0 spiro atoms. The molecular formula is C27H33N3O2. The summed E-state index contributed by atoms with van der Waals surface area (Å²) in [6.07, 6.45) is 1.55. The SMILES string of the molecule is Cc1cc(N)nc(-c2cccc(/C=[N+](\[O-])c3cc(C(C)(C)C)c(O)c(C(C)(C)C)c3)c2)c1. The van der Waals surface area contributed by atoms with Gasteiger partial charge in [0.1, 0.15) is 11.6 Å². The molecule has 0 radical (unpaired) electrons. The van der Waals surface area contributed by atoms with Crippen LogP contribution in [0.25, 0.3) is 11.3 Å². The first-order chi connectivity index (χ1) is 14.8. The number of nitrogens with two attached hydrogens (primary N) is 1. The molecule has 0 aliphatic heterocycles. The Bertz CT molecular complexity index is 1130. The summed E-state index contributed by atoms with van der Waals surface area (Å²) in [6.45, 7) is 14.1. The second-order valence-electron chi connectivity index (χ2n) is 10.4. The minimum Gasteiger partial charge on any atom is -0.618 e. The number of hydrogen-bond acceptors (Lipinski definition) is 4. The highest BCUT2D eigenvalue weighted by molar-refractivity contribution is 5.80. The number of rotatable bonds is 3. The zero-order valence-electron chi connectivity index (χ0n) is 20.0. The lowest BCUT2D eigenvalue weighted by Gasteiger charge is -2.27. The standard InChI is InChI=1S/C27H33N3O2/c1-17-11-23(29-24(28)12-17)19-10-8-9-18(13-19)16-30(32)20-14-21(26(2,3)4)25(31)22(15-20)27(5,6)7/h8-16,31H,1-7H3,(H2,28,29)/b30-16-. The van der Waals surface area contributed by atoms with E-state index in [1.165, 1.54) is 0 Å². The smallest absolute Gasteiger partial charge is 0.217 e. The monoisotopic (exact) mass is 431 g/mol. The van der Waals surface area contributed by atoms with Crippen molar-refractivity contribution in [2.45, 2.75) is 59.3 Å². The van der Waals surface area contributed by atoms with Gasteiger partial charge in [0.25, 0.3) is 0 Å². The molecule has 0 aliphatic rings. The minimum absolute atomic E-state index is 0.257. The van der Waals surface area contributed by atoms with Crippen molar-refractivity contribution in [3.8, 4) is 17.0 Å². The van der Waals surface area contributed by atoms with Gasteiger partial charge in [-0.3, -0.25) is 0 Å². The van der Waals surface area contributed by atoms with Crippen molar-refractivity contribution in [3.63, 3.8) is 0 Å². The van der Waals surface area contributed by atoms with E-state index in [1.807, 2.05) is 84.9 Å². The lowest BCUT2D eigenvalue weighted by atomic mass is 9.79. The van der Waals surface area contributed by atoms with E-state index >= 15 is 0 Å². The summed E-state index contributed by atoms with van der Waals surface area (Å²) in [5.74, 6) is 0.723. The van der Waals surface area contributed by atoms with Gasteiger partial charge in [-0.25, -0.2) is 4.98 Å². The highest BCUT2D eigenvalue weighted by Gasteiger charge is 2.28. The van der Waals surface area contributed by atoms with Crippen LogP contribution in [-0.4, -0.2) is 21.0 Å². The number of phenolic OH excluding ortho intramolecular Hbond substituents is 1. The van der Waals surface area contributed by atoms with Crippen LogP contribution in [0.15, 0.2) is 48.5 Å². The van der Waals surface area contributed by atoms with Gasteiger partial charge in [0.2, 0.25) is 5.69 Å². The molecular weight excluding hydrogens is 398 g/mol. The van der Waals surface area contributed by atoms with Gasteiger partial charge in [0, 0.05) is 34.4 Å². The molecule has 0 aliphatic carbocycles. The molecule has 0 amide bonds. The fraction of sp³-hybridized carbons (Fsp3) is 0.333. The molecule has 0 saturated heterocycles. The Balaban J connectivity index is 2.09. The number of nitrogen functional groups attached to an aromatic ring is 1. The van der Waals surface area contributed by atoms with Gasteiger partial charge in [0.15, 0.2) is 6.21 Å². The van der Waals surface area contributed by atoms with Gasteiger partial charge < -0.3 is 16.0 Å². The topological polar surface area (TPSA) is 85.2 Å². The van der Waals surface area contributed by atoms with Crippen LogP contribution in [0.2, 0.25) is 0 Å². The number of anilines is 1. The van der Waals surface area contributed by atoms with E-state index in [-0.39, 0.29) is 16.6 Å². The highest BCUT2D eigenvalue weighted by atomic mass is 16.5. The predicted molar refractivity (Wildman–Crippen MR) is 133 cm³/mol. The summed E-state index contributed by atoms with van der Waals surface area (Å²) >= 11 is 0. The van der Waals surface area contributed by atoms with E-state index < -0.39 is 0 Å². The van der Waals surface area contributed by atoms with Crippen molar-refractivity contribution < 1.29 is 9.85 Å². The van der Waals surface area contributed by atoms with Gasteiger partial charge in [0.05, 0.1) is 5.69 Å². The van der Waals surface area contributed by atoms with Gasteiger partial charge >= 0.3 is 0 Å². The van der Waals surface area contributed by atoms with E-state index in [4.69, 9.17) is 5.73 Å². The minimum atomic E-state index is -0.308.